The molecular weight excluding hydrogens is 486 g/mol. The SMILES string of the molecule is O=C(Nc1cc(-c2cc(OCCC3CCCCC3)ccc2Cl)ccn1)c1nnc(CC2CCCCC2)[nH]1. The van der Waals surface area contributed by atoms with Crippen molar-refractivity contribution < 1.29 is 9.53 Å². The van der Waals surface area contributed by atoms with Crippen LogP contribution in [-0.2, 0) is 6.42 Å². The minimum atomic E-state index is -0.363. The summed E-state index contributed by atoms with van der Waals surface area (Å²) in [7, 11) is 0. The highest BCUT2D eigenvalue weighted by molar-refractivity contribution is 6.33. The van der Waals surface area contributed by atoms with Crippen molar-refractivity contribution in [3.8, 4) is 16.9 Å². The summed E-state index contributed by atoms with van der Waals surface area (Å²) in [6.45, 7) is 0.712. The van der Waals surface area contributed by atoms with Gasteiger partial charge in [0.2, 0.25) is 5.82 Å². The summed E-state index contributed by atoms with van der Waals surface area (Å²) >= 11 is 6.54. The molecule has 0 saturated heterocycles. The molecule has 0 aliphatic heterocycles. The molecule has 7 nitrogen and oxygen atoms in total. The van der Waals surface area contributed by atoms with Gasteiger partial charge in [-0.3, -0.25) is 4.79 Å². The van der Waals surface area contributed by atoms with Gasteiger partial charge in [-0.1, -0.05) is 75.8 Å². The molecule has 0 radical (unpaired) electrons. The second-order valence-electron chi connectivity index (χ2n) is 10.5. The first-order valence-electron chi connectivity index (χ1n) is 13.8. The van der Waals surface area contributed by atoms with Gasteiger partial charge in [0.15, 0.2) is 0 Å². The van der Waals surface area contributed by atoms with Crippen molar-refractivity contribution in [1.82, 2.24) is 20.2 Å². The van der Waals surface area contributed by atoms with Gasteiger partial charge >= 0.3 is 0 Å². The number of carbonyl (C=O) groups is 1. The molecule has 37 heavy (non-hydrogen) atoms. The summed E-state index contributed by atoms with van der Waals surface area (Å²) in [6.07, 6.45) is 16.6. The molecule has 0 atom stereocenters. The monoisotopic (exact) mass is 521 g/mol. The molecule has 196 valence electrons. The minimum absolute atomic E-state index is 0.199. The molecule has 2 aliphatic rings. The van der Waals surface area contributed by atoms with Gasteiger partial charge in [-0.25, -0.2) is 4.98 Å². The highest BCUT2D eigenvalue weighted by Gasteiger charge is 2.19. The predicted molar refractivity (Wildman–Crippen MR) is 146 cm³/mol. The van der Waals surface area contributed by atoms with E-state index in [-0.39, 0.29) is 11.7 Å². The van der Waals surface area contributed by atoms with Crippen LogP contribution in [-0.4, -0.2) is 32.7 Å². The van der Waals surface area contributed by atoms with Crippen LogP contribution in [0.3, 0.4) is 0 Å². The van der Waals surface area contributed by atoms with Crippen LogP contribution in [0, 0.1) is 11.8 Å². The molecule has 5 rings (SSSR count). The average molecular weight is 522 g/mol. The molecule has 8 heteroatoms. The number of nitrogens with one attached hydrogen (secondary N) is 2. The van der Waals surface area contributed by atoms with Gasteiger partial charge in [-0.2, -0.15) is 0 Å². The number of pyridine rings is 1. The summed E-state index contributed by atoms with van der Waals surface area (Å²) in [4.78, 5) is 20.2. The third-order valence-corrected chi connectivity index (χ3v) is 8.05. The number of H-pyrrole nitrogens is 1. The number of halogens is 1. The average Bonchev–Trinajstić information content (AvgIpc) is 3.40. The van der Waals surface area contributed by atoms with Crippen LogP contribution < -0.4 is 10.1 Å². The second kappa shape index (κ2) is 12.5. The fraction of sp³-hybridized carbons (Fsp3) is 0.517. The zero-order valence-electron chi connectivity index (χ0n) is 21.3. The molecule has 2 N–H and O–H groups in total. The van der Waals surface area contributed by atoms with Crippen LogP contribution >= 0.6 is 11.6 Å². The number of aromatic amines is 1. The molecule has 1 amide bonds. The van der Waals surface area contributed by atoms with E-state index in [0.717, 1.165) is 41.5 Å². The Morgan fingerprint density at radius 3 is 2.51 bits per heavy atom. The van der Waals surface area contributed by atoms with Crippen LogP contribution in [0.2, 0.25) is 5.02 Å². The van der Waals surface area contributed by atoms with Crippen molar-refractivity contribution in [1.29, 1.82) is 0 Å². The third-order valence-electron chi connectivity index (χ3n) is 7.73. The molecule has 0 unspecified atom stereocenters. The number of nitrogens with zero attached hydrogens (tertiary/aromatic N) is 3. The summed E-state index contributed by atoms with van der Waals surface area (Å²) in [6, 6.07) is 9.40. The molecule has 2 saturated carbocycles. The van der Waals surface area contributed by atoms with E-state index in [1.54, 1.807) is 6.20 Å². The smallest absolute Gasteiger partial charge is 0.294 e. The van der Waals surface area contributed by atoms with E-state index in [9.17, 15) is 4.79 Å². The molecule has 2 heterocycles. The number of aromatic nitrogens is 4. The van der Waals surface area contributed by atoms with Crippen molar-refractivity contribution >= 4 is 23.3 Å². The van der Waals surface area contributed by atoms with Gasteiger partial charge in [0, 0.05) is 23.2 Å². The van der Waals surface area contributed by atoms with E-state index in [1.165, 1.54) is 64.2 Å². The number of carbonyl (C=O) groups excluding carboxylic acids is 1. The van der Waals surface area contributed by atoms with Gasteiger partial charge < -0.3 is 15.0 Å². The molecule has 0 spiro atoms. The second-order valence-corrected chi connectivity index (χ2v) is 10.9. The molecule has 3 aromatic rings. The molecule has 0 bridgehead atoms. The van der Waals surface area contributed by atoms with E-state index < -0.39 is 0 Å². The van der Waals surface area contributed by atoms with Crippen LogP contribution in [0.4, 0.5) is 5.82 Å². The number of benzene rings is 1. The van der Waals surface area contributed by atoms with Crippen LogP contribution in [0.25, 0.3) is 11.1 Å². The quantitative estimate of drug-likeness (QED) is 0.309. The first kappa shape index (κ1) is 25.7. The minimum Gasteiger partial charge on any atom is -0.494 e. The van der Waals surface area contributed by atoms with Gasteiger partial charge in [-0.05, 0) is 54.2 Å². The number of ether oxygens (including phenoxy) is 1. The third kappa shape index (κ3) is 7.10. The number of hydrogen-bond acceptors (Lipinski definition) is 5. The lowest BCUT2D eigenvalue weighted by Crippen LogP contribution is -2.15. The Morgan fingerprint density at radius 2 is 1.73 bits per heavy atom. The number of hydrogen-bond donors (Lipinski definition) is 2. The summed E-state index contributed by atoms with van der Waals surface area (Å²) < 4.78 is 6.07. The fourth-order valence-corrected chi connectivity index (χ4v) is 5.86. The van der Waals surface area contributed by atoms with Crippen molar-refractivity contribution in [2.45, 2.75) is 77.0 Å². The van der Waals surface area contributed by atoms with Crippen molar-refractivity contribution in [2.24, 2.45) is 11.8 Å². The van der Waals surface area contributed by atoms with Gasteiger partial charge in [-0.15, -0.1) is 10.2 Å². The lowest BCUT2D eigenvalue weighted by atomic mass is 9.87. The number of anilines is 1. The first-order valence-corrected chi connectivity index (χ1v) is 14.1. The summed E-state index contributed by atoms with van der Waals surface area (Å²) in [5.41, 5.74) is 1.69. The van der Waals surface area contributed by atoms with E-state index in [2.05, 4.69) is 25.5 Å². The Labute approximate surface area is 223 Å². The molecule has 1 aromatic carbocycles. The summed E-state index contributed by atoms with van der Waals surface area (Å²) in [5.74, 6) is 3.22. The molecule has 2 fully saturated rings. The van der Waals surface area contributed by atoms with E-state index in [1.807, 2.05) is 30.3 Å². The molecular formula is C29H36ClN5O2. The Balaban J connectivity index is 1.20. The Bertz CT molecular complexity index is 1180. The van der Waals surface area contributed by atoms with Gasteiger partial charge in [0.05, 0.1) is 6.61 Å². The van der Waals surface area contributed by atoms with Crippen molar-refractivity contribution in [3.63, 3.8) is 0 Å². The van der Waals surface area contributed by atoms with E-state index in [4.69, 9.17) is 16.3 Å². The predicted octanol–water partition coefficient (Wildman–Crippen LogP) is 7.24. The van der Waals surface area contributed by atoms with Gasteiger partial charge in [0.1, 0.15) is 17.4 Å². The lowest BCUT2D eigenvalue weighted by molar-refractivity contribution is 0.101. The zero-order chi connectivity index (χ0) is 25.5. The van der Waals surface area contributed by atoms with Crippen LogP contribution in [0.5, 0.6) is 5.75 Å². The highest BCUT2D eigenvalue weighted by atomic mass is 35.5. The normalized spacial score (nSPS) is 17.0. The topological polar surface area (TPSA) is 92.8 Å². The van der Waals surface area contributed by atoms with Crippen molar-refractivity contribution in [2.75, 3.05) is 11.9 Å². The van der Waals surface area contributed by atoms with Crippen LogP contribution in [0.1, 0.15) is 87.1 Å². The Morgan fingerprint density at radius 1 is 0.973 bits per heavy atom. The summed E-state index contributed by atoms with van der Waals surface area (Å²) in [5, 5.41) is 11.7. The Kier molecular flexibility index (Phi) is 8.72. The molecule has 2 aliphatic carbocycles. The largest absolute Gasteiger partial charge is 0.494 e. The number of amides is 1. The van der Waals surface area contributed by atoms with E-state index in [0.29, 0.717) is 23.4 Å². The maximum absolute atomic E-state index is 12.8. The maximum atomic E-state index is 12.8. The van der Waals surface area contributed by atoms with Crippen LogP contribution in [0.15, 0.2) is 36.5 Å². The zero-order valence-corrected chi connectivity index (χ0v) is 22.1. The molecule has 2 aromatic heterocycles. The highest BCUT2D eigenvalue weighted by Crippen LogP contribution is 2.33. The van der Waals surface area contributed by atoms with Crippen molar-refractivity contribution in [3.05, 3.63) is 53.2 Å². The van der Waals surface area contributed by atoms with Gasteiger partial charge in [0.25, 0.3) is 5.91 Å². The fourth-order valence-electron chi connectivity index (χ4n) is 5.63. The lowest BCUT2D eigenvalue weighted by Gasteiger charge is -2.21. The first-order chi connectivity index (χ1) is 18.1. The Hall–Kier alpha value is -2.93. The number of rotatable bonds is 9. The van der Waals surface area contributed by atoms with E-state index >= 15 is 0 Å². The maximum Gasteiger partial charge on any atom is 0.294 e. The standard InChI is InChI=1S/C29H36ClN5O2/c30-25-12-11-23(37-16-14-20-7-3-1-4-8-20)19-24(25)22-13-15-31-26(18-22)33-29(36)28-32-27(34-35-28)17-21-9-5-2-6-10-21/h11-13,15,18-21H,1-10,14,16-17H2,(H,31,33,36)(H,32,34,35).